The summed E-state index contributed by atoms with van der Waals surface area (Å²) in [7, 11) is 0. The smallest absolute Gasteiger partial charge is 0.0876 e. The topological polar surface area (TPSA) is 30.3 Å². The van der Waals surface area contributed by atoms with Crippen molar-refractivity contribution in [2.45, 2.75) is 0 Å². The summed E-state index contributed by atoms with van der Waals surface area (Å²) < 4.78 is 0. The minimum Gasteiger partial charge on any atom is -0.279 e. The SMILES string of the molecule is C#CCN1CC(C=C)CN(CC#N)C1. The average Bonchev–Trinajstić information content (AvgIpc) is 2.18. The molecule has 3 nitrogen and oxygen atoms in total. The van der Waals surface area contributed by atoms with Crippen molar-refractivity contribution in [1.29, 1.82) is 5.26 Å². The van der Waals surface area contributed by atoms with Crippen LogP contribution in [0.3, 0.4) is 0 Å². The van der Waals surface area contributed by atoms with Gasteiger partial charge in [0.05, 0.1) is 25.8 Å². The minimum atomic E-state index is 0.422. The van der Waals surface area contributed by atoms with E-state index in [1.807, 2.05) is 6.08 Å². The van der Waals surface area contributed by atoms with Gasteiger partial charge in [0.2, 0.25) is 0 Å². The first kappa shape index (κ1) is 10.8. The molecule has 1 aliphatic rings. The summed E-state index contributed by atoms with van der Waals surface area (Å²) in [6.45, 7) is 7.56. The lowest BCUT2D eigenvalue weighted by atomic mass is 10.1. The summed E-state index contributed by atoms with van der Waals surface area (Å²) in [4.78, 5) is 4.25. The quantitative estimate of drug-likeness (QED) is 0.368. The zero-order chi connectivity index (χ0) is 10.4. The van der Waals surface area contributed by atoms with Crippen molar-refractivity contribution in [3.8, 4) is 18.4 Å². The first-order chi connectivity index (χ1) is 6.80. The molecule has 0 spiro atoms. The van der Waals surface area contributed by atoms with Gasteiger partial charge in [-0.3, -0.25) is 9.80 Å². The van der Waals surface area contributed by atoms with Gasteiger partial charge < -0.3 is 0 Å². The highest BCUT2D eigenvalue weighted by Gasteiger charge is 2.22. The Morgan fingerprint density at radius 2 is 2.07 bits per heavy atom. The van der Waals surface area contributed by atoms with E-state index in [0.717, 1.165) is 19.8 Å². The molecule has 0 amide bonds. The second kappa shape index (κ2) is 5.44. The fourth-order valence-corrected chi connectivity index (χ4v) is 1.73. The third-order valence-corrected chi connectivity index (χ3v) is 2.33. The lowest BCUT2D eigenvalue weighted by Crippen LogP contribution is -2.49. The third kappa shape index (κ3) is 2.88. The van der Waals surface area contributed by atoms with Crippen molar-refractivity contribution >= 4 is 0 Å². The average molecular weight is 189 g/mol. The minimum absolute atomic E-state index is 0.422. The molecule has 1 rings (SSSR count). The molecule has 0 aromatic rings. The van der Waals surface area contributed by atoms with Gasteiger partial charge >= 0.3 is 0 Å². The van der Waals surface area contributed by atoms with E-state index in [1.165, 1.54) is 0 Å². The molecule has 1 unspecified atom stereocenters. The maximum atomic E-state index is 8.62. The zero-order valence-electron chi connectivity index (χ0n) is 8.32. The summed E-state index contributed by atoms with van der Waals surface area (Å²) in [6.07, 6.45) is 7.20. The fourth-order valence-electron chi connectivity index (χ4n) is 1.73. The number of nitriles is 1. The maximum Gasteiger partial charge on any atom is 0.0876 e. The molecule has 0 aromatic carbocycles. The van der Waals surface area contributed by atoms with Gasteiger partial charge in [-0.25, -0.2) is 0 Å². The Balaban J connectivity index is 2.53. The first-order valence-corrected chi connectivity index (χ1v) is 4.67. The van der Waals surface area contributed by atoms with Crippen LogP contribution >= 0.6 is 0 Å². The van der Waals surface area contributed by atoms with Gasteiger partial charge in [-0.15, -0.1) is 13.0 Å². The van der Waals surface area contributed by atoms with E-state index < -0.39 is 0 Å². The van der Waals surface area contributed by atoms with E-state index in [-0.39, 0.29) is 0 Å². The van der Waals surface area contributed by atoms with Gasteiger partial charge in [-0.2, -0.15) is 5.26 Å². The van der Waals surface area contributed by atoms with E-state index in [1.54, 1.807) is 0 Å². The predicted molar refractivity (Wildman–Crippen MR) is 56.1 cm³/mol. The molecule has 3 heteroatoms. The number of hydrogen-bond acceptors (Lipinski definition) is 3. The molecule has 74 valence electrons. The molecule has 0 saturated carbocycles. The lowest BCUT2D eigenvalue weighted by molar-refractivity contribution is 0.0836. The van der Waals surface area contributed by atoms with E-state index in [9.17, 15) is 0 Å². The van der Waals surface area contributed by atoms with Crippen LogP contribution in [-0.2, 0) is 0 Å². The predicted octanol–water partition coefficient (Wildman–Crippen LogP) is 0.520. The van der Waals surface area contributed by atoms with Crippen LogP contribution in [0.25, 0.3) is 0 Å². The van der Waals surface area contributed by atoms with Crippen molar-refractivity contribution in [3.05, 3.63) is 12.7 Å². The zero-order valence-corrected chi connectivity index (χ0v) is 8.32. The van der Waals surface area contributed by atoms with Gasteiger partial charge in [0, 0.05) is 19.0 Å². The Kier molecular flexibility index (Phi) is 4.19. The second-order valence-electron chi connectivity index (χ2n) is 3.52. The Morgan fingerprint density at radius 3 is 2.57 bits per heavy atom. The van der Waals surface area contributed by atoms with Crippen molar-refractivity contribution in [1.82, 2.24) is 9.80 Å². The molecule has 0 radical (unpaired) electrons. The van der Waals surface area contributed by atoms with Crippen LogP contribution in [0, 0.1) is 29.6 Å². The largest absolute Gasteiger partial charge is 0.279 e. The maximum absolute atomic E-state index is 8.62. The Morgan fingerprint density at radius 1 is 1.43 bits per heavy atom. The van der Waals surface area contributed by atoms with Crippen LogP contribution in [0.4, 0.5) is 0 Å². The van der Waals surface area contributed by atoms with Crippen LogP contribution in [0.2, 0.25) is 0 Å². The summed E-state index contributed by atoms with van der Waals surface area (Å²) in [5, 5.41) is 8.62. The monoisotopic (exact) mass is 189 g/mol. The van der Waals surface area contributed by atoms with Gasteiger partial charge in [0.25, 0.3) is 0 Å². The van der Waals surface area contributed by atoms with Crippen molar-refractivity contribution in [3.63, 3.8) is 0 Å². The number of hydrogen-bond donors (Lipinski definition) is 0. The van der Waals surface area contributed by atoms with Crippen molar-refractivity contribution in [2.75, 3.05) is 32.8 Å². The van der Waals surface area contributed by atoms with Crippen LogP contribution in [0.1, 0.15) is 0 Å². The first-order valence-electron chi connectivity index (χ1n) is 4.67. The summed E-state index contributed by atoms with van der Waals surface area (Å²) in [6, 6.07) is 2.16. The van der Waals surface area contributed by atoms with Crippen LogP contribution in [0.5, 0.6) is 0 Å². The molecule has 0 N–H and O–H groups in total. The highest BCUT2D eigenvalue weighted by Crippen LogP contribution is 2.12. The van der Waals surface area contributed by atoms with Crippen LogP contribution in [0.15, 0.2) is 12.7 Å². The standard InChI is InChI=1S/C11H15N3/c1-3-6-13-8-11(4-2)9-14(10-13)7-5-12/h1,4,11H,2,6-10H2. The molecular weight excluding hydrogens is 174 g/mol. The van der Waals surface area contributed by atoms with E-state index in [2.05, 4.69) is 28.4 Å². The van der Waals surface area contributed by atoms with Gasteiger partial charge in [0.15, 0.2) is 0 Å². The summed E-state index contributed by atoms with van der Waals surface area (Å²) in [5.41, 5.74) is 0. The number of nitrogens with zero attached hydrogens (tertiary/aromatic N) is 3. The van der Waals surface area contributed by atoms with E-state index in [4.69, 9.17) is 11.7 Å². The Hall–Kier alpha value is -1.29. The molecule has 1 atom stereocenters. The lowest BCUT2D eigenvalue weighted by Gasteiger charge is -2.37. The normalized spacial score (nSPS) is 23.7. The highest BCUT2D eigenvalue weighted by atomic mass is 15.3. The third-order valence-electron chi connectivity index (χ3n) is 2.33. The fraction of sp³-hybridized carbons (Fsp3) is 0.545. The highest BCUT2D eigenvalue weighted by molar-refractivity contribution is 4.95. The second-order valence-corrected chi connectivity index (χ2v) is 3.52. The Bertz CT molecular complexity index is 247. The molecule has 0 aliphatic carbocycles. The number of rotatable bonds is 3. The van der Waals surface area contributed by atoms with Crippen molar-refractivity contribution in [2.24, 2.45) is 5.92 Å². The van der Waals surface area contributed by atoms with Gasteiger partial charge in [-0.05, 0) is 0 Å². The molecule has 1 aliphatic heterocycles. The summed E-state index contributed by atoms with van der Waals surface area (Å²) >= 11 is 0. The van der Waals surface area contributed by atoms with E-state index in [0.29, 0.717) is 19.0 Å². The molecule has 1 saturated heterocycles. The molecular formula is C11H15N3. The van der Waals surface area contributed by atoms with Crippen LogP contribution < -0.4 is 0 Å². The molecule has 1 fully saturated rings. The van der Waals surface area contributed by atoms with E-state index >= 15 is 0 Å². The molecule has 1 heterocycles. The van der Waals surface area contributed by atoms with Crippen LogP contribution in [-0.4, -0.2) is 42.6 Å². The molecule has 14 heavy (non-hydrogen) atoms. The van der Waals surface area contributed by atoms with Gasteiger partial charge in [0.1, 0.15) is 0 Å². The molecule has 0 bridgehead atoms. The van der Waals surface area contributed by atoms with Gasteiger partial charge in [-0.1, -0.05) is 12.0 Å². The molecule has 0 aromatic heterocycles. The Labute approximate surface area is 85.6 Å². The number of terminal acetylenes is 1. The van der Waals surface area contributed by atoms with Crippen molar-refractivity contribution < 1.29 is 0 Å². The summed E-state index contributed by atoms with van der Waals surface area (Å²) in [5.74, 6) is 3.05.